The van der Waals surface area contributed by atoms with Crippen molar-refractivity contribution in [1.29, 1.82) is 0 Å². The number of benzene rings is 1. The zero-order valence-electron chi connectivity index (χ0n) is 11.6. The maximum Gasteiger partial charge on any atom is 0.254 e. The summed E-state index contributed by atoms with van der Waals surface area (Å²) in [6, 6.07) is 2.17. The molecular formula is C14H20F2N2O. The van der Waals surface area contributed by atoms with Crippen LogP contribution in [-0.2, 0) is 0 Å². The molecule has 1 aromatic carbocycles. The van der Waals surface area contributed by atoms with Gasteiger partial charge in [-0.25, -0.2) is 8.78 Å². The van der Waals surface area contributed by atoms with Crippen LogP contribution >= 0.6 is 0 Å². The largest absolute Gasteiger partial charge is 0.380 e. The van der Waals surface area contributed by atoms with E-state index < -0.39 is 11.6 Å². The van der Waals surface area contributed by atoms with Crippen LogP contribution in [0.2, 0.25) is 0 Å². The van der Waals surface area contributed by atoms with E-state index in [-0.39, 0.29) is 17.2 Å². The summed E-state index contributed by atoms with van der Waals surface area (Å²) < 4.78 is 27.6. The van der Waals surface area contributed by atoms with Crippen LogP contribution in [-0.4, -0.2) is 30.4 Å². The number of hydrogen-bond acceptors (Lipinski definition) is 2. The normalized spacial score (nSPS) is 10.4. The van der Waals surface area contributed by atoms with Gasteiger partial charge < -0.3 is 10.2 Å². The van der Waals surface area contributed by atoms with E-state index in [0.717, 1.165) is 18.6 Å². The quantitative estimate of drug-likeness (QED) is 0.860. The Balaban J connectivity index is 3.03. The van der Waals surface area contributed by atoms with Crippen LogP contribution in [0.5, 0.6) is 0 Å². The Morgan fingerprint density at radius 3 is 2.11 bits per heavy atom. The number of halogens is 2. The molecule has 1 N–H and O–H groups in total. The highest BCUT2D eigenvalue weighted by atomic mass is 19.1. The number of rotatable bonds is 6. The molecule has 0 fully saturated rings. The highest BCUT2D eigenvalue weighted by Gasteiger charge is 2.18. The van der Waals surface area contributed by atoms with Gasteiger partial charge in [0.15, 0.2) is 0 Å². The van der Waals surface area contributed by atoms with Gasteiger partial charge in [0, 0.05) is 25.2 Å². The molecule has 19 heavy (non-hydrogen) atoms. The summed E-state index contributed by atoms with van der Waals surface area (Å²) >= 11 is 0. The van der Waals surface area contributed by atoms with Crippen molar-refractivity contribution in [2.75, 3.05) is 25.0 Å². The molecule has 0 radical (unpaired) electrons. The van der Waals surface area contributed by atoms with Crippen LogP contribution in [0.3, 0.4) is 0 Å². The Morgan fingerprint density at radius 1 is 1.16 bits per heavy atom. The second-order valence-corrected chi connectivity index (χ2v) is 4.22. The van der Waals surface area contributed by atoms with Crippen molar-refractivity contribution in [3.05, 3.63) is 29.3 Å². The average Bonchev–Trinajstić information content (AvgIpc) is 2.39. The molecule has 0 heterocycles. The van der Waals surface area contributed by atoms with Crippen molar-refractivity contribution in [2.24, 2.45) is 0 Å². The Hall–Kier alpha value is -1.65. The number of nitrogens with one attached hydrogen (secondary N) is 1. The first kappa shape index (κ1) is 15.4. The highest BCUT2D eigenvalue weighted by Crippen LogP contribution is 2.21. The van der Waals surface area contributed by atoms with Crippen LogP contribution in [0.4, 0.5) is 14.5 Å². The Morgan fingerprint density at radius 2 is 1.68 bits per heavy atom. The number of anilines is 1. The molecule has 0 aliphatic rings. The Labute approximate surface area is 112 Å². The fourth-order valence-electron chi connectivity index (χ4n) is 1.81. The molecule has 0 atom stereocenters. The molecule has 0 aromatic heterocycles. The van der Waals surface area contributed by atoms with E-state index in [0.29, 0.717) is 19.6 Å². The molecule has 5 heteroatoms. The second-order valence-electron chi connectivity index (χ2n) is 4.22. The summed E-state index contributed by atoms with van der Waals surface area (Å²) in [5.41, 5.74) is -0.126. The minimum Gasteiger partial charge on any atom is -0.380 e. The number of amides is 1. The van der Waals surface area contributed by atoms with E-state index in [1.54, 1.807) is 0 Å². The van der Waals surface area contributed by atoms with Crippen LogP contribution in [0.25, 0.3) is 0 Å². The smallest absolute Gasteiger partial charge is 0.254 e. The minimum atomic E-state index is -0.732. The fourth-order valence-corrected chi connectivity index (χ4v) is 1.81. The summed E-state index contributed by atoms with van der Waals surface area (Å²) in [4.78, 5) is 13.5. The van der Waals surface area contributed by atoms with E-state index in [9.17, 15) is 13.6 Å². The molecule has 3 nitrogen and oxygen atoms in total. The summed E-state index contributed by atoms with van der Waals surface area (Å²) in [5.74, 6) is -1.82. The summed E-state index contributed by atoms with van der Waals surface area (Å²) in [6.07, 6.45) is 0.763. The number of nitrogens with zero attached hydrogens (tertiary/aromatic N) is 1. The first-order chi connectivity index (χ1) is 9.04. The summed E-state index contributed by atoms with van der Waals surface area (Å²) in [5, 5.41) is 2.68. The molecule has 1 aromatic rings. The van der Waals surface area contributed by atoms with Crippen LogP contribution in [0, 0.1) is 11.6 Å². The molecule has 0 saturated carbocycles. The van der Waals surface area contributed by atoms with Gasteiger partial charge in [-0.15, -0.1) is 0 Å². The topological polar surface area (TPSA) is 32.3 Å². The fraction of sp³-hybridized carbons (Fsp3) is 0.500. The molecule has 0 aliphatic carbocycles. The zero-order valence-corrected chi connectivity index (χ0v) is 11.6. The third-order valence-corrected chi connectivity index (χ3v) is 2.89. The van der Waals surface area contributed by atoms with Crippen LogP contribution in [0.1, 0.15) is 37.6 Å². The molecular weight excluding hydrogens is 250 g/mol. The Bertz CT molecular complexity index is 422. The molecule has 0 unspecified atom stereocenters. The van der Waals surface area contributed by atoms with Gasteiger partial charge in [-0.1, -0.05) is 6.92 Å². The average molecular weight is 270 g/mol. The minimum absolute atomic E-state index is 0.0424. The number of hydrogen-bond donors (Lipinski definition) is 1. The third-order valence-electron chi connectivity index (χ3n) is 2.89. The van der Waals surface area contributed by atoms with Gasteiger partial charge in [-0.3, -0.25) is 4.79 Å². The Kier molecular flexibility index (Phi) is 5.73. The van der Waals surface area contributed by atoms with Crippen LogP contribution in [0.15, 0.2) is 12.1 Å². The monoisotopic (exact) mass is 270 g/mol. The van der Waals surface area contributed by atoms with Gasteiger partial charge in [0.2, 0.25) is 0 Å². The van der Waals surface area contributed by atoms with Gasteiger partial charge in [-0.2, -0.15) is 0 Å². The first-order valence-corrected chi connectivity index (χ1v) is 6.57. The molecule has 1 amide bonds. The second kappa shape index (κ2) is 7.07. The van der Waals surface area contributed by atoms with E-state index in [1.165, 1.54) is 4.90 Å². The third kappa shape index (κ3) is 3.66. The highest BCUT2D eigenvalue weighted by molar-refractivity contribution is 5.94. The van der Waals surface area contributed by atoms with Crippen molar-refractivity contribution in [3.8, 4) is 0 Å². The lowest BCUT2D eigenvalue weighted by atomic mass is 10.1. The lowest BCUT2D eigenvalue weighted by Crippen LogP contribution is -2.30. The molecule has 0 aliphatic heterocycles. The number of carbonyl (C=O) groups is 1. The predicted octanol–water partition coefficient (Wildman–Crippen LogP) is 3.27. The van der Waals surface area contributed by atoms with E-state index in [2.05, 4.69) is 5.32 Å². The number of carbonyl (C=O) groups excluding carboxylic acids is 1. The lowest BCUT2D eigenvalue weighted by Gasteiger charge is -2.19. The predicted molar refractivity (Wildman–Crippen MR) is 72.4 cm³/mol. The maximum absolute atomic E-state index is 13.8. The molecule has 1 rings (SSSR count). The standard InChI is InChI=1S/C14H20F2N2O/c1-4-7-17-13-11(15)8-10(9-12(13)16)14(19)18(5-2)6-3/h8-9,17H,4-7H2,1-3H3. The van der Waals surface area contributed by atoms with Gasteiger partial charge in [0.1, 0.15) is 17.3 Å². The molecule has 106 valence electrons. The van der Waals surface area contributed by atoms with E-state index >= 15 is 0 Å². The van der Waals surface area contributed by atoms with E-state index in [4.69, 9.17) is 0 Å². The van der Waals surface area contributed by atoms with Gasteiger partial charge in [0.05, 0.1) is 0 Å². The molecule has 0 saturated heterocycles. The van der Waals surface area contributed by atoms with E-state index in [1.807, 2.05) is 20.8 Å². The van der Waals surface area contributed by atoms with Crippen molar-refractivity contribution >= 4 is 11.6 Å². The van der Waals surface area contributed by atoms with Crippen molar-refractivity contribution in [3.63, 3.8) is 0 Å². The van der Waals surface area contributed by atoms with Crippen molar-refractivity contribution in [2.45, 2.75) is 27.2 Å². The SMILES string of the molecule is CCCNc1c(F)cc(C(=O)N(CC)CC)cc1F. The van der Waals surface area contributed by atoms with Gasteiger partial charge in [0.25, 0.3) is 5.91 Å². The van der Waals surface area contributed by atoms with Crippen molar-refractivity contribution < 1.29 is 13.6 Å². The zero-order chi connectivity index (χ0) is 14.4. The van der Waals surface area contributed by atoms with Crippen LogP contribution < -0.4 is 5.32 Å². The van der Waals surface area contributed by atoms with Crippen molar-refractivity contribution in [1.82, 2.24) is 4.90 Å². The molecule has 0 spiro atoms. The molecule has 0 bridgehead atoms. The van der Waals surface area contributed by atoms with Gasteiger partial charge in [-0.05, 0) is 32.4 Å². The van der Waals surface area contributed by atoms with Gasteiger partial charge >= 0.3 is 0 Å². The summed E-state index contributed by atoms with van der Waals surface area (Å²) in [6.45, 7) is 7.05. The lowest BCUT2D eigenvalue weighted by molar-refractivity contribution is 0.0772. The summed E-state index contributed by atoms with van der Waals surface area (Å²) in [7, 11) is 0. The maximum atomic E-state index is 13.8. The first-order valence-electron chi connectivity index (χ1n) is 6.57.